The van der Waals surface area contributed by atoms with Gasteiger partial charge in [-0.05, 0) is 48.9 Å². The molecular formula is C30H35ClN4O6S. The quantitative estimate of drug-likeness (QED) is 0.444. The van der Waals surface area contributed by atoms with Crippen molar-refractivity contribution in [2.45, 2.75) is 37.3 Å². The Bertz CT molecular complexity index is 1520. The van der Waals surface area contributed by atoms with Crippen LogP contribution in [0.25, 0.3) is 0 Å². The van der Waals surface area contributed by atoms with Crippen molar-refractivity contribution < 1.29 is 27.5 Å². The molecule has 1 aromatic heterocycles. The molecule has 0 aliphatic carbocycles. The monoisotopic (exact) mass is 614 g/mol. The summed E-state index contributed by atoms with van der Waals surface area (Å²) in [4.78, 5) is 34.4. The highest BCUT2D eigenvalue weighted by Crippen LogP contribution is 2.28. The zero-order valence-corrected chi connectivity index (χ0v) is 25.6. The number of methoxy groups -OCH3 is 1. The number of rotatable bonds is 6. The molecule has 2 aromatic carbocycles. The highest BCUT2D eigenvalue weighted by Gasteiger charge is 2.30. The molecule has 0 fully saturated rings. The molecule has 0 saturated carbocycles. The summed E-state index contributed by atoms with van der Waals surface area (Å²) in [6.45, 7) is 4.59. The predicted octanol–water partition coefficient (Wildman–Crippen LogP) is 4.11. The third-order valence-corrected chi connectivity index (χ3v) is 8.82. The van der Waals surface area contributed by atoms with E-state index in [2.05, 4.69) is 9.71 Å². The normalized spacial score (nSPS) is 20.1. The predicted molar refractivity (Wildman–Crippen MR) is 160 cm³/mol. The Labute approximate surface area is 251 Å². The summed E-state index contributed by atoms with van der Waals surface area (Å²) in [7, 11) is -0.708. The molecule has 4 rings (SSSR count). The van der Waals surface area contributed by atoms with Crippen LogP contribution in [-0.4, -0.2) is 81.0 Å². The largest absolute Gasteiger partial charge is 0.491 e. The molecule has 0 spiro atoms. The van der Waals surface area contributed by atoms with Crippen LogP contribution in [0, 0.1) is 5.92 Å². The third kappa shape index (κ3) is 7.58. The second-order valence-electron chi connectivity index (χ2n) is 10.5. The van der Waals surface area contributed by atoms with Crippen LogP contribution in [0.15, 0.2) is 71.9 Å². The van der Waals surface area contributed by atoms with Gasteiger partial charge in [0.2, 0.25) is 5.91 Å². The van der Waals surface area contributed by atoms with E-state index in [1.165, 1.54) is 35.2 Å². The molecule has 0 bridgehead atoms. The number of hydrogen-bond donors (Lipinski definition) is 1. The van der Waals surface area contributed by atoms with Gasteiger partial charge < -0.3 is 19.3 Å². The van der Waals surface area contributed by atoms with Crippen molar-refractivity contribution in [3.05, 3.63) is 83.1 Å². The van der Waals surface area contributed by atoms with Crippen molar-refractivity contribution in [1.82, 2.24) is 14.8 Å². The standard InChI is InChI=1S/C30H35ClN4O6S/c1-20-17-35(29(36)13-22-7-6-12-32-16-22)21(2)19-41-27-15-24(33-42(38,39)25-9-5-8-23(31)14-25)10-11-26(27)30(37)34(3)18-28(20)40-4/h5-12,14-16,20-21,28,33H,13,17-19H2,1-4H3/t20-,21-,28-/m1/s1. The van der Waals surface area contributed by atoms with Gasteiger partial charge in [0.25, 0.3) is 15.9 Å². The number of fused-ring (bicyclic) bond motifs is 1. The van der Waals surface area contributed by atoms with E-state index in [9.17, 15) is 18.0 Å². The molecule has 1 N–H and O–H groups in total. The van der Waals surface area contributed by atoms with E-state index in [-0.39, 0.29) is 76.4 Å². The lowest BCUT2D eigenvalue weighted by atomic mass is 10.0. The molecular weight excluding hydrogens is 580 g/mol. The molecule has 3 atom stereocenters. The van der Waals surface area contributed by atoms with E-state index in [0.29, 0.717) is 6.54 Å². The van der Waals surface area contributed by atoms with Crippen molar-refractivity contribution in [2.24, 2.45) is 5.92 Å². The maximum Gasteiger partial charge on any atom is 0.261 e. The Morgan fingerprint density at radius 3 is 2.62 bits per heavy atom. The van der Waals surface area contributed by atoms with E-state index in [4.69, 9.17) is 21.1 Å². The second kappa shape index (κ2) is 13.5. The van der Waals surface area contributed by atoms with Crippen LogP contribution in [0.1, 0.15) is 29.8 Å². The molecule has 1 aliphatic rings. The zero-order valence-electron chi connectivity index (χ0n) is 24.0. The fourth-order valence-corrected chi connectivity index (χ4v) is 6.16. The number of sulfonamides is 1. The van der Waals surface area contributed by atoms with E-state index in [0.717, 1.165) is 5.56 Å². The number of amides is 2. The number of benzene rings is 2. The lowest BCUT2D eigenvalue weighted by Gasteiger charge is -2.36. The van der Waals surface area contributed by atoms with E-state index < -0.39 is 10.0 Å². The average molecular weight is 615 g/mol. The average Bonchev–Trinajstić information content (AvgIpc) is 2.96. The van der Waals surface area contributed by atoms with Gasteiger partial charge >= 0.3 is 0 Å². The van der Waals surface area contributed by atoms with Gasteiger partial charge in [0.15, 0.2) is 0 Å². The number of aromatic nitrogens is 1. The number of hydrogen-bond acceptors (Lipinski definition) is 7. The third-order valence-electron chi connectivity index (χ3n) is 7.20. The molecule has 3 aromatic rings. The summed E-state index contributed by atoms with van der Waals surface area (Å²) in [6.07, 6.45) is 3.16. The van der Waals surface area contributed by atoms with Gasteiger partial charge in [0, 0.05) is 56.6 Å². The highest BCUT2D eigenvalue weighted by molar-refractivity contribution is 7.92. The number of anilines is 1. The first kappa shape index (κ1) is 31.3. The Balaban J connectivity index is 1.66. The number of carbonyl (C=O) groups is 2. The highest BCUT2D eigenvalue weighted by atomic mass is 35.5. The molecule has 2 heterocycles. The zero-order chi connectivity index (χ0) is 30.4. The minimum atomic E-state index is -3.96. The summed E-state index contributed by atoms with van der Waals surface area (Å²) in [5, 5.41) is 0.285. The first-order valence-electron chi connectivity index (χ1n) is 13.5. The number of halogens is 1. The van der Waals surface area contributed by atoms with Gasteiger partial charge in [-0.3, -0.25) is 19.3 Å². The molecule has 2 amide bonds. The van der Waals surface area contributed by atoms with Crippen LogP contribution in [0.5, 0.6) is 5.75 Å². The topological polar surface area (TPSA) is 118 Å². The van der Waals surface area contributed by atoms with Gasteiger partial charge in [0.05, 0.1) is 34.7 Å². The van der Waals surface area contributed by atoms with Gasteiger partial charge in [-0.25, -0.2) is 8.42 Å². The molecule has 42 heavy (non-hydrogen) atoms. The molecule has 0 unspecified atom stereocenters. The van der Waals surface area contributed by atoms with Crippen LogP contribution in [-0.2, 0) is 26.0 Å². The van der Waals surface area contributed by atoms with Crippen LogP contribution < -0.4 is 9.46 Å². The Morgan fingerprint density at radius 1 is 1.14 bits per heavy atom. The lowest BCUT2D eigenvalue weighted by Crippen LogP contribution is -2.49. The minimum absolute atomic E-state index is 0.00406. The molecule has 12 heteroatoms. The van der Waals surface area contributed by atoms with Crippen molar-refractivity contribution >= 4 is 39.1 Å². The van der Waals surface area contributed by atoms with E-state index >= 15 is 0 Å². The maximum atomic E-state index is 13.5. The minimum Gasteiger partial charge on any atom is -0.491 e. The van der Waals surface area contributed by atoms with Gasteiger partial charge in [-0.2, -0.15) is 0 Å². The number of carbonyl (C=O) groups excluding carboxylic acids is 2. The number of pyridine rings is 1. The van der Waals surface area contributed by atoms with E-state index in [1.807, 2.05) is 19.9 Å². The summed E-state index contributed by atoms with van der Waals surface area (Å²) >= 11 is 5.99. The summed E-state index contributed by atoms with van der Waals surface area (Å²) in [6, 6.07) is 13.7. The SMILES string of the molecule is CO[C@@H]1CN(C)C(=O)c2ccc(NS(=O)(=O)c3cccc(Cl)c3)cc2OC[C@@H](C)N(C(=O)Cc2cccnc2)C[C@H]1C. The Hall–Kier alpha value is -3.67. The van der Waals surface area contributed by atoms with Crippen LogP contribution in [0.3, 0.4) is 0 Å². The second-order valence-corrected chi connectivity index (χ2v) is 12.6. The number of likely N-dealkylation sites (N-methyl/N-ethyl adjacent to an activating group) is 1. The molecule has 0 radical (unpaired) electrons. The molecule has 224 valence electrons. The van der Waals surface area contributed by atoms with Crippen molar-refractivity contribution in [3.8, 4) is 5.75 Å². The fourth-order valence-electron chi connectivity index (χ4n) is 4.81. The van der Waals surface area contributed by atoms with E-state index in [1.54, 1.807) is 49.7 Å². The lowest BCUT2D eigenvalue weighted by molar-refractivity contribution is -0.134. The van der Waals surface area contributed by atoms with Crippen LogP contribution in [0.4, 0.5) is 5.69 Å². The fraction of sp³-hybridized carbons (Fsp3) is 0.367. The van der Waals surface area contributed by atoms with Crippen molar-refractivity contribution in [1.29, 1.82) is 0 Å². The van der Waals surface area contributed by atoms with Gasteiger partial charge in [-0.15, -0.1) is 0 Å². The van der Waals surface area contributed by atoms with Crippen LogP contribution in [0.2, 0.25) is 5.02 Å². The summed E-state index contributed by atoms with van der Waals surface area (Å²) < 4.78 is 40.5. The van der Waals surface area contributed by atoms with Crippen molar-refractivity contribution in [3.63, 3.8) is 0 Å². The summed E-state index contributed by atoms with van der Waals surface area (Å²) in [5.74, 6) is -0.299. The maximum absolute atomic E-state index is 13.5. The van der Waals surface area contributed by atoms with Gasteiger partial charge in [0.1, 0.15) is 12.4 Å². The Morgan fingerprint density at radius 2 is 1.93 bits per heavy atom. The number of ether oxygens (including phenoxy) is 2. The molecule has 10 nitrogen and oxygen atoms in total. The smallest absolute Gasteiger partial charge is 0.261 e. The Kier molecular flexibility index (Phi) is 10.1. The van der Waals surface area contributed by atoms with Crippen molar-refractivity contribution in [2.75, 3.05) is 38.6 Å². The van der Waals surface area contributed by atoms with Gasteiger partial charge in [-0.1, -0.05) is 30.7 Å². The van der Waals surface area contributed by atoms with Crippen LogP contribution >= 0.6 is 11.6 Å². The first-order chi connectivity index (χ1) is 20.0. The molecule has 0 saturated heterocycles. The number of nitrogens with zero attached hydrogens (tertiary/aromatic N) is 3. The first-order valence-corrected chi connectivity index (χ1v) is 15.4. The number of nitrogens with one attached hydrogen (secondary N) is 1. The molecule has 1 aliphatic heterocycles. The summed E-state index contributed by atoms with van der Waals surface area (Å²) in [5.41, 5.74) is 1.26.